The zero-order valence-corrected chi connectivity index (χ0v) is 13.0. The van der Waals surface area contributed by atoms with Gasteiger partial charge in [-0.1, -0.05) is 30.3 Å². The molecule has 0 spiro atoms. The van der Waals surface area contributed by atoms with Crippen molar-refractivity contribution in [2.75, 3.05) is 39.6 Å². The van der Waals surface area contributed by atoms with Gasteiger partial charge in [-0.25, -0.2) is 4.79 Å². The van der Waals surface area contributed by atoms with Gasteiger partial charge in [0.1, 0.15) is 13.3 Å². The number of amides is 3. The van der Waals surface area contributed by atoms with Gasteiger partial charge >= 0.3 is 6.03 Å². The van der Waals surface area contributed by atoms with Crippen molar-refractivity contribution in [1.82, 2.24) is 9.80 Å². The topological polar surface area (TPSA) is 79.3 Å². The second-order valence-corrected chi connectivity index (χ2v) is 5.18. The molecule has 7 nitrogen and oxygen atoms in total. The second-order valence-electron chi connectivity index (χ2n) is 5.18. The quantitative estimate of drug-likeness (QED) is 0.392. The molecular weight excluding hydrogens is 300 g/mol. The number of aliphatic hydroxyl groups excluding tert-OH is 1. The molecule has 126 valence electrons. The third-order valence-corrected chi connectivity index (χ3v) is 3.51. The molecule has 23 heavy (non-hydrogen) atoms. The molecule has 1 aliphatic rings. The normalized spacial score (nSPS) is 14.8. The standard InChI is InChI=1S/C16H22N2O5/c19-13-23-9-4-7-17-11-15(20)18(16(17)21)8-10-22-12-14-5-2-1-3-6-14/h1-3,5-6,19H,4,7-13H2. The van der Waals surface area contributed by atoms with Gasteiger partial charge in [-0.3, -0.25) is 9.69 Å². The van der Waals surface area contributed by atoms with Crippen LogP contribution in [0.2, 0.25) is 0 Å². The minimum atomic E-state index is -0.336. The fourth-order valence-corrected chi connectivity index (χ4v) is 2.33. The monoisotopic (exact) mass is 322 g/mol. The molecule has 1 aromatic rings. The minimum Gasteiger partial charge on any atom is -0.375 e. The third kappa shape index (κ3) is 5.31. The van der Waals surface area contributed by atoms with Crippen LogP contribution in [0, 0.1) is 0 Å². The zero-order valence-electron chi connectivity index (χ0n) is 13.0. The molecule has 1 heterocycles. The Kier molecular flexibility index (Phi) is 6.99. The Morgan fingerprint density at radius 3 is 2.57 bits per heavy atom. The highest BCUT2D eigenvalue weighted by Crippen LogP contribution is 2.11. The van der Waals surface area contributed by atoms with E-state index in [1.807, 2.05) is 30.3 Å². The number of carbonyl (C=O) groups is 2. The molecule has 0 aliphatic carbocycles. The van der Waals surface area contributed by atoms with E-state index in [1.54, 1.807) is 0 Å². The van der Waals surface area contributed by atoms with Crippen molar-refractivity contribution in [3.63, 3.8) is 0 Å². The van der Waals surface area contributed by atoms with Gasteiger partial charge in [0.2, 0.25) is 5.91 Å². The van der Waals surface area contributed by atoms with Crippen LogP contribution in [0.1, 0.15) is 12.0 Å². The maximum Gasteiger partial charge on any atom is 0.327 e. The molecule has 1 aromatic carbocycles. The van der Waals surface area contributed by atoms with Crippen molar-refractivity contribution in [1.29, 1.82) is 0 Å². The van der Waals surface area contributed by atoms with E-state index in [2.05, 4.69) is 0 Å². The fourth-order valence-electron chi connectivity index (χ4n) is 2.33. The van der Waals surface area contributed by atoms with E-state index in [1.165, 1.54) is 9.80 Å². The molecular formula is C16H22N2O5. The number of benzene rings is 1. The van der Waals surface area contributed by atoms with E-state index >= 15 is 0 Å². The summed E-state index contributed by atoms with van der Waals surface area (Å²) < 4.78 is 10.3. The maximum absolute atomic E-state index is 12.1. The lowest BCUT2D eigenvalue weighted by atomic mass is 10.2. The van der Waals surface area contributed by atoms with Crippen LogP contribution >= 0.6 is 0 Å². The summed E-state index contributed by atoms with van der Waals surface area (Å²) in [6, 6.07) is 9.44. The average molecular weight is 322 g/mol. The Bertz CT molecular complexity index is 508. The summed E-state index contributed by atoms with van der Waals surface area (Å²) in [5, 5.41) is 8.52. The van der Waals surface area contributed by atoms with Crippen LogP contribution in [0.5, 0.6) is 0 Å². The summed E-state index contributed by atoms with van der Waals surface area (Å²) in [6.07, 6.45) is 0.581. The van der Waals surface area contributed by atoms with Crippen LogP contribution in [-0.4, -0.2) is 66.5 Å². The van der Waals surface area contributed by atoms with Gasteiger partial charge in [0, 0.05) is 6.54 Å². The number of hydrogen-bond donors (Lipinski definition) is 1. The largest absolute Gasteiger partial charge is 0.375 e. The van der Waals surface area contributed by atoms with Crippen molar-refractivity contribution in [2.24, 2.45) is 0 Å². The second kappa shape index (κ2) is 9.24. The molecule has 0 radical (unpaired) electrons. The Hall–Kier alpha value is -1.96. The van der Waals surface area contributed by atoms with Gasteiger partial charge in [0.15, 0.2) is 0 Å². The van der Waals surface area contributed by atoms with Gasteiger partial charge in [-0.15, -0.1) is 0 Å². The highest BCUT2D eigenvalue weighted by atomic mass is 16.6. The molecule has 1 saturated heterocycles. The molecule has 0 bridgehead atoms. The highest BCUT2D eigenvalue weighted by Gasteiger charge is 2.34. The van der Waals surface area contributed by atoms with Crippen molar-refractivity contribution < 1.29 is 24.2 Å². The Morgan fingerprint density at radius 2 is 1.83 bits per heavy atom. The Balaban J connectivity index is 1.68. The first-order chi connectivity index (χ1) is 11.2. The van der Waals surface area contributed by atoms with E-state index in [0.29, 0.717) is 32.8 Å². The predicted molar refractivity (Wildman–Crippen MR) is 82.4 cm³/mol. The lowest BCUT2D eigenvalue weighted by molar-refractivity contribution is -0.125. The number of aliphatic hydroxyl groups is 1. The Labute approximate surface area is 135 Å². The summed E-state index contributed by atoms with van der Waals surface area (Å²) in [4.78, 5) is 26.7. The van der Waals surface area contributed by atoms with Crippen molar-refractivity contribution in [3.8, 4) is 0 Å². The molecule has 2 rings (SSSR count). The van der Waals surface area contributed by atoms with Gasteiger partial charge < -0.3 is 19.5 Å². The lowest BCUT2D eigenvalue weighted by Crippen LogP contribution is -2.36. The molecule has 0 unspecified atom stereocenters. The smallest absolute Gasteiger partial charge is 0.327 e. The van der Waals surface area contributed by atoms with E-state index < -0.39 is 0 Å². The number of urea groups is 1. The van der Waals surface area contributed by atoms with Crippen molar-refractivity contribution in [3.05, 3.63) is 35.9 Å². The van der Waals surface area contributed by atoms with Crippen LogP contribution in [0.4, 0.5) is 4.79 Å². The van der Waals surface area contributed by atoms with Crippen LogP contribution in [0.15, 0.2) is 30.3 Å². The number of nitrogens with zero attached hydrogens (tertiary/aromatic N) is 2. The van der Waals surface area contributed by atoms with E-state index in [0.717, 1.165) is 5.56 Å². The van der Waals surface area contributed by atoms with Crippen LogP contribution in [0.25, 0.3) is 0 Å². The molecule has 0 aromatic heterocycles. The SMILES string of the molecule is O=C1CN(CCCOCO)C(=O)N1CCOCc1ccccc1. The van der Waals surface area contributed by atoms with E-state index in [4.69, 9.17) is 14.6 Å². The lowest BCUT2D eigenvalue weighted by Gasteiger charge is -2.17. The summed E-state index contributed by atoms with van der Waals surface area (Å²) in [5.74, 6) is -0.207. The summed E-state index contributed by atoms with van der Waals surface area (Å²) in [5.41, 5.74) is 1.05. The summed E-state index contributed by atoms with van der Waals surface area (Å²) in [7, 11) is 0. The third-order valence-electron chi connectivity index (χ3n) is 3.51. The molecule has 1 N–H and O–H groups in total. The van der Waals surface area contributed by atoms with Gasteiger partial charge in [-0.2, -0.15) is 0 Å². The highest BCUT2D eigenvalue weighted by molar-refractivity contribution is 6.01. The Morgan fingerprint density at radius 1 is 1.04 bits per heavy atom. The molecule has 0 atom stereocenters. The maximum atomic E-state index is 12.1. The van der Waals surface area contributed by atoms with Gasteiger partial charge in [-0.05, 0) is 12.0 Å². The first-order valence-corrected chi connectivity index (χ1v) is 7.62. The summed E-state index contributed by atoms with van der Waals surface area (Å²) >= 11 is 0. The molecule has 0 saturated carbocycles. The number of ether oxygens (including phenoxy) is 2. The van der Waals surface area contributed by atoms with Crippen molar-refractivity contribution in [2.45, 2.75) is 13.0 Å². The number of carbonyl (C=O) groups excluding carboxylic acids is 2. The fraction of sp³-hybridized carbons (Fsp3) is 0.500. The predicted octanol–water partition coefficient (Wildman–Crippen LogP) is 0.824. The molecule has 1 fully saturated rings. The molecule has 3 amide bonds. The van der Waals surface area contributed by atoms with E-state index in [-0.39, 0.29) is 31.8 Å². The number of hydrogen-bond acceptors (Lipinski definition) is 5. The van der Waals surface area contributed by atoms with Crippen molar-refractivity contribution >= 4 is 11.9 Å². The van der Waals surface area contributed by atoms with Crippen LogP contribution in [0.3, 0.4) is 0 Å². The van der Waals surface area contributed by atoms with Crippen LogP contribution < -0.4 is 0 Å². The van der Waals surface area contributed by atoms with Gasteiger partial charge in [0.25, 0.3) is 0 Å². The number of rotatable bonds is 10. The molecule has 7 heteroatoms. The van der Waals surface area contributed by atoms with Crippen LogP contribution in [-0.2, 0) is 20.9 Å². The minimum absolute atomic E-state index is 0.0939. The first kappa shape index (κ1) is 17.4. The van der Waals surface area contributed by atoms with Gasteiger partial charge in [0.05, 0.1) is 26.4 Å². The first-order valence-electron chi connectivity index (χ1n) is 7.62. The number of imide groups is 1. The average Bonchev–Trinajstić information content (AvgIpc) is 2.83. The molecule has 1 aliphatic heterocycles. The summed E-state index contributed by atoms with van der Waals surface area (Å²) in [6.45, 7) is 1.58. The van der Waals surface area contributed by atoms with E-state index in [9.17, 15) is 9.59 Å². The zero-order chi connectivity index (χ0) is 16.5.